The molecule has 0 aliphatic heterocycles. The second kappa shape index (κ2) is 4.56. The fourth-order valence-corrected chi connectivity index (χ4v) is 1.00. The predicted octanol–water partition coefficient (Wildman–Crippen LogP) is 0.530. The zero-order valence-electron chi connectivity index (χ0n) is 7.22. The van der Waals surface area contributed by atoms with Gasteiger partial charge in [-0.1, -0.05) is 0 Å². The van der Waals surface area contributed by atoms with Crippen molar-refractivity contribution in [2.24, 2.45) is 5.73 Å². The molecule has 0 spiro atoms. The summed E-state index contributed by atoms with van der Waals surface area (Å²) in [5.74, 6) is -0.104. The van der Waals surface area contributed by atoms with Crippen LogP contribution in [0.3, 0.4) is 0 Å². The van der Waals surface area contributed by atoms with Gasteiger partial charge in [-0.15, -0.1) is 0 Å². The minimum Gasteiger partial charge on any atom is -0.358 e. The molecule has 0 aliphatic carbocycles. The lowest BCUT2D eigenvalue weighted by atomic mass is 10.3. The molecule has 0 bridgehead atoms. The van der Waals surface area contributed by atoms with Gasteiger partial charge in [-0.05, 0) is 29.3 Å². The van der Waals surface area contributed by atoms with Crippen molar-refractivity contribution in [2.45, 2.75) is 19.4 Å². The number of aromatic nitrogens is 2. The molecule has 6 nitrogen and oxygen atoms in total. The number of nitrogens with zero attached hydrogens (tertiary/aromatic N) is 3. The number of aryl methyl sites for hydroxylation is 1. The SMILES string of the molecule is NCCCCn1cnc([N+](=O)[O-])c1. The fourth-order valence-electron chi connectivity index (χ4n) is 1.00. The summed E-state index contributed by atoms with van der Waals surface area (Å²) >= 11 is 0. The lowest BCUT2D eigenvalue weighted by Gasteiger charge is -1.97. The van der Waals surface area contributed by atoms with Crippen LogP contribution in [0.2, 0.25) is 0 Å². The van der Waals surface area contributed by atoms with Crippen molar-refractivity contribution in [2.75, 3.05) is 6.54 Å². The molecule has 0 amide bonds. The zero-order valence-corrected chi connectivity index (χ0v) is 7.22. The molecule has 0 aliphatic rings. The third-order valence-corrected chi connectivity index (χ3v) is 1.68. The largest absolute Gasteiger partial charge is 0.381 e. The van der Waals surface area contributed by atoms with Crippen molar-refractivity contribution in [1.82, 2.24) is 9.55 Å². The third kappa shape index (κ3) is 2.83. The first-order chi connectivity index (χ1) is 6.24. The number of hydrogen-bond acceptors (Lipinski definition) is 4. The van der Waals surface area contributed by atoms with Gasteiger partial charge in [-0.25, -0.2) is 0 Å². The summed E-state index contributed by atoms with van der Waals surface area (Å²) in [6.45, 7) is 1.38. The second-order valence-corrected chi connectivity index (χ2v) is 2.72. The Balaban J connectivity index is 2.44. The van der Waals surface area contributed by atoms with E-state index in [-0.39, 0.29) is 5.82 Å². The highest BCUT2D eigenvalue weighted by molar-refractivity contribution is 5.12. The van der Waals surface area contributed by atoms with Crippen LogP contribution in [0.25, 0.3) is 0 Å². The number of imidazole rings is 1. The number of unbranched alkanes of at least 4 members (excludes halogenated alkanes) is 1. The molecule has 0 aromatic carbocycles. The molecule has 0 saturated heterocycles. The van der Waals surface area contributed by atoms with Gasteiger partial charge < -0.3 is 20.4 Å². The van der Waals surface area contributed by atoms with E-state index in [0.29, 0.717) is 6.54 Å². The summed E-state index contributed by atoms with van der Waals surface area (Å²) in [4.78, 5) is 13.4. The minimum atomic E-state index is -0.501. The highest BCUT2D eigenvalue weighted by Crippen LogP contribution is 2.06. The van der Waals surface area contributed by atoms with Crippen LogP contribution in [0.5, 0.6) is 0 Å². The molecule has 0 unspecified atom stereocenters. The Bertz CT molecular complexity index is 284. The molecule has 1 heterocycles. The maximum Gasteiger partial charge on any atom is 0.381 e. The topological polar surface area (TPSA) is 87.0 Å². The van der Waals surface area contributed by atoms with E-state index < -0.39 is 4.92 Å². The molecule has 72 valence electrons. The van der Waals surface area contributed by atoms with Crippen LogP contribution in [0.4, 0.5) is 5.82 Å². The molecule has 13 heavy (non-hydrogen) atoms. The van der Waals surface area contributed by atoms with Crippen LogP contribution in [-0.2, 0) is 6.54 Å². The number of nitrogens with two attached hydrogens (primary N) is 1. The molecule has 2 N–H and O–H groups in total. The first-order valence-corrected chi connectivity index (χ1v) is 4.10. The number of nitro groups is 1. The van der Waals surface area contributed by atoms with E-state index in [1.165, 1.54) is 12.5 Å². The fraction of sp³-hybridized carbons (Fsp3) is 0.571. The van der Waals surface area contributed by atoms with Gasteiger partial charge >= 0.3 is 5.82 Å². The molecule has 0 fully saturated rings. The van der Waals surface area contributed by atoms with Crippen molar-refractivity contribution in [3.05, 3.63) is 22.6 Å². The molecule has 1 aromatic rings. The summed E-state index contributed by atoms with van der Waals surface area (Å²) < 4.78 is 1.70. The quantitative estimate of drug-likeness (QED) is 0.410. The summed E-state index contributed by atoms with van der Waals surface area (Å²) in [5, 5.41) is 10.3. The van der Waals surface area contributed by atoms with Gasteiger partial charge in [0.2, 0.25) is 6.33 Å². The van der Waals surface area contributed by atoms with Gasteiger partial charge in [0, 0.05) is 6.54 Å². The molecular weight excluding hydrogens is 172 g/mol. The van der Waals surface area contributed by atoms with Crippen LogP contribution in [-0.4, -0.2) is 21.0 Å². The van der Waals surface area contributed by atoms with Crippen LogP contribution < -0.4 is 5.73 Å². The number of rotatable bonds is 5. The second-order valence-electron chi connectivity index (χ2n) is 2.72. The normalized spacial score (nSPS) is 10.2. The highest BCUT2D eigenvalue weighted by atomic mass is 16.6. The first-order valence-electron chi connectivity index (χ1n) is 4.10. The molecular formula is C7H12N4O2. The molecule has 1 rings (SSSR count). The van der Waals surface area contributed by atoms with E-state index in [1.807, 2.05) is 0 Å². The van der Waals surface area contributed by atoms with Crippen molar-refractivity contribution >= 4 is 5.82 Å². The van der Waals surface area contributed by atoms with Gasteiger partial charge in [0.05, 0.1) is 0 Å². The first kappa shape index (κ1) is 9.66. The Morgan fingerprint density at radius 1 is 1.62 bits per heavy atom. The Kier molecular flexibility index (Phi) is 3.39. The molecule has 6 heteroatoms. The average Bonchev–Trinajstić information content (AvgIpc) is 2.53. The third-order valence-electron chi connectivity index (χ3n) is 1.68. The van der Waals surface area contributed by atoms with Gasteiger partial charge in [0.15, 0.2) is 0 Å². The average molecular weight is 184 g/mol. The molecule has 0 radical (unpaired) electrons. The molecule has 0 saturated carbocycles. The van der Waals surface area contributed by atoms with E-state index in [1.54, 1.807) is 4.57 Å². The Morgan fingerprint density at radius 3 is 2.92 bits per heavy atom. The zero-order chi connectivity index (χ0) is 9.68. The van der Waals surface area contributed by atoms with E-state index in [4.69, 9.17) is 5.73 Å². The minimum absolute atomic E-state index is 0.104. The van der Waals surface area contributed by atoms with Crippen molar-refractivity contribution in [3.8, 4) is 0 Å². The molecule has 1 aromatic heterocycles. The smallest absolute Gasteiger partial charge is 0.358 e. The summed E-state index contributed by atoms with van der Waals surface area (Å²) in [6, 6.07) is 0. The van der Waals surface area contributed by atoms with E-state index in [0.717, 1.165) is 19.4 Å². The predicted molar refractivity (Wildman–Crippen MR) is 47.2 cm³/mol. The van der Waals surface area contributed by atoms with E-state index >= 15 is 0 Å². The van der Waals surface area contributed by atoms with Gasteiger partial charge in [-0.3, -0.25) is 0 Å². The van der Waals surface area contributed by atoms with Crippen LogP contribution in [0, 0.1) is 10.1 Å². The lowest BCUT2D eigenvalue weighted by molar-refractivity contribution is -0.389. The lowest BCUT2D eigenvalue weighted by Crippen LogP contribution is -2.01. The van der Waals surface area contributed by atoms with E-state index in [2.05, 4.69) is 4.98 Å². The summed E-state index contributed by atoms with van der Waals surface area (Å²) in [7, 11) is 0. The Hall–Kier alpha value is -1.43. The van der Waals surface area contributed by atoms with Crippen molar-refractivity contribution in [1.29, 1.82) is 0 Å². The summed E-state index contributed by atoms with van der Waals surface area (Å²) in [6.07, 6.45) is 4.74. The van der Waals surface area contributed by atoms with Crippen molar-refractivity contribution < 1.29 is 4.92 Å². The standard InChI is InChI=1S/C7H12N4O2/c8-3-1-2-4-10-5-7(9-6-10)11(12)13/h5-6H,1-4,8H2. The number of hydrogen-bond donors (Lipinski definition) is 1. The van der Waals surface area contributed by atoms with Crippen molar-refractivity contribution in [3.63, 3.8) is 0 Å². The Labute approximate surface area is 75.5 Å². The monoisotopic (exact) mass is 184 g/mol. The van der Waals surface area contributed by atoms with Gasteiger partial charge in [0.25, 0.3) is 0 Å². The van der Waals surface area contributed by atoms with Crippen LogP contribution in [0.15, 0.2) is 12.5 Å². The highest BCUT2D eigenvalue weighted by Gasteiger charge is 2.08. The van der Waals surface area contributed by atoms with Gasteiger partial charge in [-0.2, -0.15) is 0 Å². The summed E-state index contributed by atoms with van der Waals surface area (Å²) in [5.41, 5.74) is 5.31. The van der Waals surface area contributed by atoms with Gasteiger partial charge in [0.1, 0.15) is 6.20 Å². The van der Waals surface area contributed by atoms with Crippen LogP contribution >= 0.6 is 0 Å². The Morgan fingerprint density at radius 2 is 2.38 bits per heavy atom. The maximum atomic E-state index is 10.3. The molecule has 0 atom stereocenters. The maximum absolute atomic E-state index is 10.3. The van der Waals surface area contributed by atoms with Crippen LogP contribution in [0.1, 0.15) is 12.8 Å². The van der Waals surface area contributed by atoms with E-state index in [9.17, 15) is 10.1 Å².